The van der Waals surface area contributed by atoms with Gasteiger partial charge in [0.1, 0.15) is 5.82 Å². The number of primary amides is 1. The molecule has 1 fully saturated rings. The van der Waals surface area contributed by atoms with Crippen LogP contribution < -0.4 is 5.73 Å². The van der Waals surface area contributed by atoms with Crippen molar-refractivity contribution in [1.82, 2.24) is 24.6 Å². The minimum Gasteiger partial charge on any atom is -0.366 e. The highest BCUT2D eigenvalue weighted by Crippen LogP contribution is 2.35. The van der Waals surface area contributed by atoms with Gasteiger partial charge in [0.05, 0.1) is 17.5 Å². The zero-order chi connectivity index (χ0) is 28.1. The maximum absolute atomic E-state index is 12.9. The van der Waals surface area contributed by atoms with Crippen LogP contribution in [0.2, 0.25) is 0 Å². The summed E-state index contributed by atoms with van der Waals surface area (Å²) in [5.41, 5.74) is 10.5. The van der Waals surface area contributed by atoms with Gasteiger partial charge in [0, 0.05) is 47.7 Å². The molecule has 0 radical (unpaired) electrons. The first-order chi connectivity index (χ1) is 19.4. The maximum atomic E-state index is 12.9. The first kappa shape index (κ1) is 27.4. The number of benzene rings is 2. The molecule has 1 aliphatic heterocycles. The van der Waals surface area contributed by atoms with Crippen molar-refractivity contribution in [2.75, 3.05) is 0 Å². The fourth-order valence-corrected chi connectivity index (χ4v) is 5.95. The van der Waals surface area contributed by atoms with Crippen molar-refractivity contribution in [2.45, 2.75) is 77.3 Å². The van der Waals surface area contributed by atoms with Gasteiger partial charge >= 0.3 is 0 Å². The number of nitrogens with zero attached hydrogens (tertiary/aromatic N) is 4. The molecule has 3 N–H and O–H groups in total. The van der Waals surface area contributed by atoms with Crippen LogP contribution in [0.15, 0.2) is 67.1 Å². The van der Waals surface area contributed by atoms with Gasteiger partial charge in [0.15, 0.2) is 0 Å². The van der Waals surface area contributed by atoms with Gasteiger partial charge in [-0.05, 0) is 76.1 Å². The van der Waals surface area contributed by atoms with Gasteiger partial charge in [-0.2, -0.15) is 5.10 Å². The number of carbonyl (C=O) groups excluding carboxylic acids is 2. The Balaban J connectivity index is 1.37. The molecule has 5 rings (SSSR count). The monoisotopic (exact) mass is 538 g/mol. The quantitative estimate of drug-likeness (QED) is 0.244. The van der Waals surface area contributed by atoms with Crippen LogP contribution in [0, 0.1) is 0 Å². The van der Waals surface area contributed by atoms with E-state index in [1.807, 2.05) is 53.2 Å². The van der Waals surface area contributed by atoms with Crippen molar-refractivity contribution in [2.24, 2.45) is 5.73 Å². The molecule has 2 amide bonds. The van der Waals surface area contributed by atoms with Crippen LogP contribution in [-0.4, -0.2) is 48.5 Å². The van der Waals surface area contributed by atoms with E-state index in [2.05, 4.69) is 28.9 Å². The van der Waals surface area contributed by atoms with Gasteiger partial charge in [0.2, 0.25) is 11.8 Å². The van der Waals surface area contributed by atoms with E-state index in [4.69, 9.17) is 10.7 Å². The number of unbranched alkanes of at least 4 members (excludes halogenated alkanes) is 2. The summed E-state index contributed by atoms with van der Waals surface area (Å²) in [4.78, 5) is 32.6. The van der Waals surface area contributed by atoms with Gasteiger partial charge in [-0.3, -0.25) is 19.3 Å². The smallest absolute Gasteiger partial charge is 0.249 e. The van der Waals surface area contributed by atoms with Crippen LogP contribution in [0.1, 0.15) is 74.8 Å². The van der Waals surface area contributed by atoms with E-state index >= 15 is 0 Å². The predicted octanol–water partition coefficient (Wildman–Crippen LogP) is 5.92. The second-order valence-electron chi connectivity index (χ2n) is 10.8. The van der Waals surface area contributed by atoms with Crippen LogP contribution in [0.3, 0.4) is 0 Å². The second kappa shape index (κ2) is 12.3. The number of amides is 2. The molecule has 1 saturated heterocycles. The Hall–Kier alpha value is -4.20. The van der Waals surface area contributed by atoms with Gasteiger partial charge in [-0.25, -0.2) is 4.98 Å². The lowest BCUT2D eigenvalue weighted by atomic mass is 9.96. The van der Waals surface area contributed by atoms with Gasteiger partial charge in [0.25, 0.3) is 0 Å². The molecule has 8 heteroatoms. The molecule has 0 spiro atoms. The molecule has 2 atom stereocenters. The lowest BCUT2D eigenvalue weighted by molar-refractivity contribution is -0.137. The zero-order valence-corrected chi connectivity index (χ0v) is 23.3. The number of nitrogens with two attached hydrogens (primary N) is 1. The highest BCUT2D eigenvalue weighted by Gasteiger charge is 2.28. The molecule has 3 heterocycles. The first-order valence-electron chi connectivity index (χ1n) is 14.3. The molecule has 4 aromatic rings. The Labute approximate surface area is 235 Å². The van der Waals surface area contributed by atoms with Gasteiger partial charge in [-0.1, -0.05) is 36.8 Å². The number of imidazole rings is 1. The van der Waals surface area contributed by atoms with E-state index in [0.29, 0.717) is 35.5 Å². The lowest BCUT2D eigenvalue weighted by Crippen LogP contribution is -2.47. The third-order valence-corrected chi connectivity index (χ3v) is 7.96. The average molecular weight is 539 g/mol. The molecule has 208 valence electrons. The van der Waals surface area contributed by atoms with Crippen molar-refractivity contribution in [3.8, 4) is 28.2 Å². The Kier molecular flexibility index (Phi) is 8.43. The molecule has 0 aliphatic carbocycles. The molecule has 40 heavy (non-hydrogen) atoms. The van der Waals surface area contributed by atoms with Crippen LogP contribution in [0.5, 0.6) is 0 Å². The van der Waals surface area contributed by atoms with E-state index < -0.39 is 5.91 Å². The van der Waals surface area contributed by atoms with E-state index in [1.54, 1.807) is 18.5 Å². The van der Waals surface area contributed by atoms with Gasteiger partial charge < -0.3 is 10.6 Å². The summed E-state index contributed by atoms with van der Waals surface area (Å²) in [6.07, 6.45) is 13.1. The third-order valence-electron chi connectivity index (χ3n) is 7.96. The molecule has 2 aromatic carbocycles. The summed E-state index contributed by atoms with van der Waals surface area (Å²) in [7, 11) is 0. The highest BCUT2D eigenvalue weighted by molar-refractivity contribution is 6.03. The molecule has 0 saturated carbocycles. The van der Waals surface area contributed by atoms with E-state index in [0.717, 1.165) is 61.0 Å². The number of para-hydroxylation sites is 1. The van der Waals surface area contributed by atoms with E-state index in [9.17, 15) is 9.59 Å². The summed E-state index contributed by atoms with van der Waals surface area (Å²) in [6, 6.07) is 16.2. The topological polar surface area (TPSA) is 110 Å². The van der Waals surface area contributed by atoms with Crippen LogP contribution >= 0.6 is 0 Å². The van der Waals surface area contributed by atoms with Crippen LogP contribution in [0.25, 0.3) is 28.2 Å². The highest BCUT2D eigenvalue weighted by atomic mass is 16.2. The Morgan fingerprint density at radius 1 is 1.00 bits per heavy atom. The van der Waals surface area contributed by atoms with Crippen LogP contribution in [0.4, 0.5) is 0 Å². The number of hydrogen-bond acceptors (Lipinski definition) is 4. The second-order valence-corrected chi connectivity index (χ2v) is 10.8. The maximum Gasteiger partial charge on any atom is 0.249 e. The molecule has 0 bridgehead atoms. The standard InChI is InChI=1S/C32H38N6O2/c1-22-11-9-12-23(2)38(22)29(39)18-8-3-5-13-25-21-37(26-14-6-4-7-15-26)32(36-25)30-27(24-19-34-35-20-24)16-10-17-28(30)31(33)40/h4,6-7,10,14-17,19-23H,3,5,8-9,11-13,18H2,1-2H3,(H2,33,40)(H,34,35)/t22-,23+. The number of likely N-dealkylation sites (tertiary alicyclic amines) is 1. The summed E-state index contributed by atoms with van der Waals surface area (Å²) in [6.45, 7) is 4.34. The number of aryl methyl sites for hydroxylation is 1. The summed E-state index contributed by atoms with van der Waals surface area (Å²) in [5, 5.41) is 6.97. The molecular weight excluding hydrogens is 500 g/mol. The molecule has 8 nitrogen and oxygen atoms in total. The number of aromatic nitrogens is 4. The Morgan fingerprint density at radius 2 is 1.77 bits per heavy atom. The fraction of sp³-hybridized carbons (Fsp3) is 0.375. The van der Waals surface area contributed by atoms with Crippen molar-refractivity contribution in [3.05, 3.63) is 78.4 Å². The predicted molar refractivity (Wildman–Crippen MR) is 157 cm³/mol. The largest absolute Gasteiger partial charge is 0.366 e. The minimum atomic E-state index is -0.508. The third kappa shape index (κ3) is 5.86. The van der Waals surface area contributed by atoms with Crippen molar-refractivity contribution in [3.63, 3.8) is 0 Å². The fourth-order valence-electron chi connectivity index (χ4n) is 5.95. The number of rotatable bonds is 10. The number of hydrogen-bond donors (Lipinski definition) is 2. The number of carbonyl (C=O) groups is 2. The lowest BCUT2D eigenvalue weighted by Gasteiger charge is -2.39. The van der Waals surface area contributed by atoms with E-state index in [-0.39, 0.29) is 5.91 Å². The van der Waals surface area contributed by atoms with Crippen molar-refractivity contribution < 1.29 is 9.59 Å². The van der Waals surface area contributed by atoms with Crippen molar-refractivity contribution >= 4 is 11.8 Å². The SMILES string of the molecule is C[C@@H]1CCC[C@H](C)N1C(=O)CCCCCc1cn(-c2ccccc2)c(-c2c(C(N)=O)cccc2-c2cn[nH]c2)n1. The molecule has 2 aromatic heterocycles. The van der Waals surface area contributed by atoms with Crippen molar-refractivity contribution in [1.29, 1.82) is 0 Å². The molecular formula is C32H38N6O2. The number of aromatic amines is 1. The van der Waals surface area contributed by atoms with Gasteiger partial charge in [-0.15, -0.1) is 0 Å². The minimum absolute atomic E-state index is 0.283. The summed E-state index contributed by atoms with van der Waals surface area (Å²) in [5.74, 6) is 0.437. The Morgan fingerprint density at radius 3 is 2.48 bits per heavy atom. The first-order valence-corrected chi connectivity index (χ1v) is 14.3. The summed E-state index contributed by atoms with van der Waals surface area (Å²) < 4.78 is 2.03. The van der Waals surface area contributed by atoms with Crippen LogP contribution in [-0.2, 0) is 11.2 Å². The number of nitrogens with one attached hydrogen (secondary N) is 1. The zero-order valence-electron chi connectivity index (χ0n) is 23.3. The Bertz CT molecular complexity index is 1430. The summed E-state index contributed by atoms with van der Waals surface area (Å²) >= 11 is 0. The molecule has 0 unspecified atom stereocenters. The normalized spacial score (nSPS) is 17.2. The molecule has 1 aliphatic rings. The number of piperidine rings is 1. The number of H-pyrrole nitrogens is 1. The average Bonchev–Trinajstić information content (AvgIpc) is 3.63. The van der Waals surface area contributed by atoms with E-state index in [1.165, 1.54) is 6.42 Å².